The molecule has 1 aliphatic heterocycles. The van der Waals surface area contributed by atoms with Gasteiger partial charge in [-0.2, -0.15) is 0 Å². The molecule has 13 heavy (non-hydrogen) atoms. The van der Waals surface area contributed by atoms with Gasteiger partial charge in [0.1, 0.15) is 0 Å². The van der Waals surface area contributed by atoms with Crippen molar-refractivity contribution in [1.29, 1.82) is 0 Å². The molecule has 1 heterocycles. The van der Waals surface area contributed by atoms with Crippen molar-refractivity contribution in [3.63, 3.8) is 0 Å². The molecule has 4 atom stereocenters. The maximum atomic E-state index is 5.65. The predicted molar refractivity (Wildman–Crippen MR) is 53.8 cm³/mol. The van der Waals surface area contributed by atoms with Gasteiger partial charge in [-0.05, 0) is 31.6 Å². The van der Waals surface area contributed by atoms with Gasteiger partial charge >= 0.3 is 0 Å². The van der Waals surface area contributed by atoms with Crippen LogP contribution in [0.2, 0.25) is 0 Å². The van der Waals surface area contributed by atoms with E-state index in [0.29, 0.717) is 6.10 Å². The van der Waals surface area contributed by atoms with Gasteiger partial charge in [0, 0.05) is 18.7 Å². The van der Waals surface area contributed by atoms with Gasteiger partial charge in [-0.3, -0.25) is 0 Å². The van der Waals surface area contributed by atoms with Crippen LogP contribution in [0.3, 0.4) is 0 Å². The van der Waals surface area contributed by atoms with Crippen molar-refractivity contribution in [3.8, 4) is 0 Å². The van der Waals surface area contributed by atoms with E-state index >= 15 is 0 Å². The molecule has 0 aromatic carbocycles. The Labute approximate surface area is 81.0 Å². The van der Waals surface area contributed by atoms with Gasteiger partial charge in [-0.1, -0.05) is 13.8 Å². The highest BCUT2D eigenvalue weighted by molar-refractivity contribution is 4.93. The Balaban J connectivity index is 1.72. The molecule has 2 nitrogen and oxygen atoms in total. The Bertz CT molecular complexity index is 169. The molecule has 1 aliphatic carbocycles. The fourth-order valence-corrected chi connectivity index (χ4v) is 2.17. The van der Waals surface area contributed by atoms with E-state index < -0.39 is 0 Å². The zero-order valence-electron chi connectivity index (χ0n) is 8.75. The van der Waals surface area contributed by atoms with Crippen molar-refractivity contribution >= 4 is 0 Å². The van der Waals surface area contributed by atoms with Crippen LogP contribution in [0.25, 0.3) is 0 Å². The van der Waals surface area contributed by atoms with Gasteiger partial charge < -0.3 is 10.1 Å². The third-order valence-electron chi connectivity index (χ3n) is 3.38. The minimum atomic E-state index is 0.514. The largest absolute Gasteiger partial charge is 0.378 e. The van der Waals surface area contributed by atoms with Crippen LogP contribution >= 0.6 is 0 Å². The molecule has 1 saturated heterocycles. The first kappa shape index (κ1) is 9.47. The minimum absolute atomic E-state index is 0.514. The molecule has 1 saturated carbocycles. The molecule has 2 heteroatoms. The highest BCUT2D eigenvalue weighted by atomic mass is 16.5. The highest BCUT2D eigenvalue weighted by Gasteiger charge is 2.35. The van der Waals surface area contributed by atoms with Crippen molar-refractivity contribution in [1.82, 2.24) is 5.32 Å². The topological polar surface area (TPSA) is 21.3 Å². The normalized spacial score (nSPS) is 44.8. The lowest BCUT2D eigenvalue weighted by atomic mass is 10.0. The first-order valence-corrected chi connectivity index (χ1v) is 5.67. The lowest BCUT2D eigenvalue weighted by Crippen LogP contribution is -2.40. The average Bonchev–Trinajstić information content (AvgIpc) is 2.82. The van der Waals surface area contributed by atoms with Crippen LogP contribution in [-0.2, 0) is 4.74 Å². The van der Waals surface area contributed by atoms with E-state index in [4.69, 9.17) is 4.74 Å². The number of nitrogens with one attached hydrogen (secondary N) is 1. The standard InChI is InChI=1S/C11H21NO/c1-3-10-7-9(4-5-13-10)12-11-6-8(11)2/h8-12H,3-7H2,1-2H3. The van der Waals surface area contributed by atoms with Crippen molar-refractivity contribution in [2.75, 3.05) is 6.61 Å². The van der Waals surface area contributed by atoms with Crippen LogP contribution in [0.1, 0.15) is 39.5 Å². The molecule has 0 aromatic rings. The Morgan fingerprint density at radius 1 is 1.38 bits per heavy atom. The molecule has 2 fully saturated rings. The Morgan fingerprint density at radius 3 is 2.77 bits per heavy atom. The summed E-state index contributed by atoms with van der Waals surface area (Å²) in [6, 6.07) is 1.55. The van der Waals surface area contributed by atoms with Crippen molar-refractivity contribution in [3.05, 3.63) is 0 Å². The van der Waals surface area contributed by atoms with Gasteiger partial charge in [0.2, 0.25) is 0 Å². The molecule has 2 rings (SSSR count). The van der Waals surface area contributed by atoms with Gasteiger partial charge in [-0.15, -0.1) is 0 Å². The van der Waals surface area contributed by atoms with Crippen LogP contribution in [0.15, 0.2) is 0 Å². The second-order valence-electron chi connectivity index (χ2n) is 4.61. The predicted octanol–water partition coefficient (Wildman–Crippen LogP) is 1.94. The SMILES string of the molecule is CCC1CC(NC2CC2C)CCO1. The van der Waals surface area contributed by atoms with Gasteiger partial charge in [0.15, 0.2) is 0 Å². The molecule has 1 N–H and O–H groups in total. The molecule has 0 spiro atoms. The summed E-state index contributed by atoms with van der Waals surface area (Å²) in [6.45, 7) is 5.50. The molecular weight excluding hydrogens is 162 g/mol. The molecule has 0 amide bonds. The smallest absolute Gasteiger partial charge is 0.0587 e. The van der Waals surface area contributed by atoms with E-state index in [1.54, 1.807) is 0 Å². The van der Waals surface area contributed by atoms with Gasteiger partial charge in [0.25, 0.3) is 0 Å². The van der Waals surface area contributed by atoms with E-state index in [2.05, 4.69) is 19.2 Å². The molecule has 0 aromatic heterocycles. The van der Waals surface area contributed by atoms with E-state index in [9.17, 15) is 0 Å². The van der Waals surface area contributed by atoms with E-state index in [1.165, 1.54) is 25.7 Å². The Kier molecular flexibility index (Phi) is 2.89. The lowest BCUT2D eigenvalue weighted by molar-refractivity contribution is -0.000499. The van der Waals surface area contributed by atoms with Crippen LogP contribution in [0, 0.1) is 5.92 Å². The van der Waals surface area contributed by atoms with Crippen molar-refractivity contribution in [2.24, 2.45) is 5.92 Å². The van der Waals surface area contributed by atoms with Crippen molar-refractivity contribution < 1.29 is 4.74 Å². The van der Waals surface area contributed by atoms with E-state index in [-0.39, 0.29) is 0 Å². The highest BCUT2D eigenvalue weighted by Crippen LogP contribution is 2.31. The van der Waals surface area contributed by atoms with Gasteiger partial charge in [0.05, 0.1) is 6.10 Å². The number of ether oxygens (including phenoxy) is 1. The molecule has 0 bridgehead atoms. The summed E-state index contributed by atoms with van der Waals surface area (Å²) >= 11 is 0. The molecule has 0 radical (unpaired) electrons. The molecule has 4 unspecified atom stereocenters. The van der Waals surface area contributed by atoms with Crippen LogP contribution in [0.4, 0.5) is 0 Å². The fourth-order valence-electron chi connectivity index (χ4n) is 2.17. The fraction of sp³-hybridized carbons (Fsp3) is 1.00. The van der Waals surface area contributed by atoms with E-state index in [0.717, 1.165) is 24.6 Å². The van der Waals surface area contributed by atoms with E-state index in [1.807, 2.05) is 0 Å². The average molecular weight is 183 g/mol. The Hall–Kier alpha value is -0.0800. The summed E-state index contributed by atoms with van der Waals surface area (Å²) in [5.41, 5.74) is 0. The molecule has 2 aliphatic rings. The quantitative estimate of drug-likeness (QED) is 0.722. The summed E-state index contributed by atoms with van der Waals surface area (Å²) in [5, 5.41) is 3.73. The van der Waals surface area contributed by atoms with Crippen LogP contribution < -0.4 is 5.32 Å². The summed E-state index contributed by atoms with van der Waals surface area (Å²) in [4.78, 5) is 0. The van der Waals surface area contributed by atoms with Crippen LogP contribution in [0.5, 0.6) is 0 Å². The maximum absolute atomic E-state index is 5.65. The van der Waals surface area contributed by atoms with Gasteiger partial charge in [-0.25, -0.2) is 0 Å². The Morgan fingerprint density at radius 2 is 2.15 bits per heavy atom. The summed E-state index contributed by atoms with van der Waals surface area (Å²) in [6.07, 6.45) is 5.49. The molecule has 76 valence electrons. The summed E-state index contributed by atoms with van der Waals surface area (Å²) in [7, 11) is 0. The zero-order valence-corrected chi connectivity index (χ0v) is 8.75. The number of hydrogen-bond donors (Lipinski definition) is 1. The third kappa shape index (κ3) is 2.44. The molecular formula is C11H21NO. The lowest BCUT2D eigenvalue weighted by Gasteiger charge is -2.29. The number of hydrogen-bond acceptors (Lipinski definition) is 2. The second-order valence-corrected chi connectivity index (χ2v) is 4.61. The first-order chi connectivity index (χ1) is 6.29. The maximum Gasteiger partial charge on any atom is 0.0587 e. The summed E-state index contributed by atoms with van der Waals surface area (Å²) < 4.78 is 5.65. The summed E-state index contributed by atoms with van der Waals surface area (Å²) in [5.74, 6) is 0.919. The monoisotopic (exact) mass is 183 g/mol. The van der Waals surface area contributed by atoms with Crippen LogP contribution in [-0.4, -0.2) is 24.8 Å². The number of rotatable bonds is 3. The van der Waals surface area contributed by atoms with Crippen molar-refractivity contribution in [2.45, 2.75) is 57.7 Å². The zero-order chi connectivity index (χ0) is 9.26. The minimum Gasteiger partial charge on any atom is -0.378 e. The third-order valence-corrected chi connectivity index (χ3v) is 3.38. The second kappa shape index (κ2) is 3.97. The first-order valence-electron chi connectivity index (χ1n) is 5.67.